The van der Waals surface area contributed by atoms with Gasteiger partial charge in [-0.3, -0.25) is 9.10 Å². The van der Waals surface area contributed by atoms with E-state index in [4.69, 9.17) is 0 Å². The molecule has 0 bridgehead atoms. The number of amides is 1. The van der Waals surface area contributed by atoms with Crippen LogP contribution in [-0.2, 0) is 16.4 Å². The molecule has 5 nitrogen and oxygen atoms in total. The van der Waals surface area contributed by atoms with Gasteiger partial charge < -0.3 is 5.32 Å². The zero-order chi connectivity index (χ0) is 18.9. The zero-order valence-electron chi connectivity index (χ0n) is 15.4. The van der Waals surface area contributed by atoms with Gasteiger partial charge in [-0.05, 0) is 80.6 Å². The van der Waals surface area contributed by atoms with E-state index in [9.17, 15) is 13.2 Å². The molecule has 26 heavy (non-hydrogen) atoms. The van der Waals surface area contributed by atoms with Gasteiger partial charge in [0.1, 0.15) is 0 Å². The SMILES string of the molecule is CCS(=O)(=O)N1CCCc2cc(NC(=O)c3ccc(C)c(C)c3)ccc21. The van der Waals surface area contributed by atoms with Crippen LogP contribution in [0.4, 0.5) is 11.4 Å². The van der Waals surface area contributed by atoms with Gasteiger partial charge >= 0.3 is 0 Å². The number of nitrogens with zero attached hydrogens (tertiary/aromatic N) is 1. The third kappa shape index (κ3) is 3.60. The number of sulfonamides is 1. The fourth-order valence-electron chi connectivity index (χ4n) is 3.17. The molecule has 138 valence electrons. The summed E-state index contributed by atoms with van der Waals surface area (Å²) in [7, 11) is -3.28. The second-order valence-electron chi connectivity index (χ2n) is 6.67. The van der Waals surface area contributed by atoms with Gasteiger partial charge in [0.2, 0.25) is 10.0 Å². The van der Waals surface area contributed by atoms with Gasteiger partial charge in [-0.2, -0.15) is 0 Å². The first-order chi connectivity index (χ1) is 12.3. The smallest absolute Gasteiger partial charge is 0.255 e. The van der Waals surface area contributed by atoms with E-state index in [0.29, 0.717) is 17.8 Å². The van der Waals surface area contributed by atoms with Crippen LogP contribution in [-0.4, -0.2) is 26.6 Å². The molecule has 6 heteroatoms. The molecule has 1 aliphatic rings. The lowest BCUT2D eigenvalue weighted by atomic mass is 10.0. The maximum absolute atomic E-state index is 12.5. The Kier molecular flexibility index (Phi) is 5.05. The summed E-state index contributed by atoms with van der Waals surface area (Å²) in [5.74, 6) is -0.0839. The zero-order valence-corrected chi connectivity index (χ0v) is 16.2. The van der Waals surface area contributed by atoms with Crippen molar-refractivity contribution in [2.24, 2.45) is 0 Å². The molecular formula is C20H24N2O3S. The summed E-state index contributed by atoms with van der Waals surface area (Å²) < 4.78 is 26.0. The van der Waals surface area contributed by atoms with Crippen molar-refractivity contribution < 1.29 is 13.2 Å². The van der Waals surface area contributed by atoms with Crippen molar-refractivity contribution in [1.82, 2.24) is 0 Å². The highest BCUT2D eigenvalue weighted by Gasteiger charge is 2.26. The summed E-state index contributed by atoms with van der Waals surface area (Å²) in [6.07, 6.45) is 1.58. The number of anilines is 2. The Bertz CT molecular complexity index is 952. The Labute approximate surface area is 155 Å². The summed E-state index contributed by atoms with van der Waals surface area (Å²) in [5.41, 5.74) is 5.19. The number of hydrogen-bond acceptors (Lipinski definition) is 3. The Morgan fingerprint density at radius 3 is 2.58 bits per heavy atom. The predicted molar refractivity (Wildman–Crippen MR) is 105 cm³/mol. The lowest BCUT2D eigenvalue weighted by Gasteiger charge is -2.30. The quantitative estimate of drug-likeness (QED) is 0.891. The molecule has 2 aromatic rings. The molecule has 0 saturated carbocycles. The van der Waals surface area contributed by atoms with Crippen LogP contribution in [0.1, 0.15) is 40.4 Å². The summed E-state index contributed by atoms with van der Waals surface area (Å²) in [4.78, 5) is 12.5. The van der Waals surface area contributed by atoms with Gasteiger partial charge in [0.15, 0.2) is 0 Å². The van der Waals surface area contributed by atoms with Crippen LogP contribution in [0.25, 0.3) is 0 Å². The minimum absolute atomic E-state index is 0.0811. The molecule has 0 aromatic heterocycles. The fourth-order valence-corrected chi connectivity index (χ4v) is 4.37. The molecule has 0 spiro atoms. The van der Waals surface area contributed by atoms with E-state index in [-0.39, 0.29) is 11.7 Å². The maximum atomic E-state index is 12.5. The van der Waals surface area contributed by atoms with E-state index in [0.717, 1.165) is 35.2 Å². The van der Waals surface area contributed by atoms with Gasteiger partial charge in [-0.15, -0.1) is 0 Å². The van der Waals surface area contributed by atoms with E-state index >= 15 is 0 Å². The molecule has 1 aliphatic heterocycles. The van der Waals surface area contributed by atoms with Crippen LogP contribution >= 0.6 is 0 Å². The van der Waals surface area contributed by atoms with Crippen molar-refractivity contribution >= 4 is 27.3 Å². The number of carbonyl (C=O) groups is 1. The van der Waals surface area contributed by atoms with E-state index in [2.05, 4.69) is 5.32 Å². The van der Waals surface area contributed by atoms with Gasteiger partial charge in [-0.25, -0.2) is 8.42 Å². The third-order valence-electron chi connectivity index (χ3n) is 4.88. The summed E-state index contributed by atoms with van der Waals surface area (Å²) >= 11 is 0. The molecule has 3 rings (SSSR count). The molecule has 1 amide bonds. The minimum Gasteiger partial charge on any atom is -0.322 e. The molecule has 1 heterocycles. The molecule has 0 aliphatic carbocycles. The highest BCUT2D eigenvalue weighted by molar-refractivity contribution is 7.92. The first-order valence-electron chi connectivity index (χ1n) is 8.84. The van der Waals surface area contributed by atoms with Crippen molar-refractivity contribution in [1.29, 1.82) is 0 Å². The van der Waals surface area contributed by atoms with Crippen molar-refractivity contribution in [2.45, 2.75) is 33.6 Å². The predicted octanol–water partition coefficient (Wildman–Crippen LogP) is 3.66. The van der Waals surface area contributed by atoms with Crippen molar-refractivity contribution in [3.8, 4) is 0 Å². The second-order valence-corrected chi connectivity index (χ2v) is 8.85. The van der Waals surface area contributed by atoms with Crippen LogP contribution in [0, 0.1) is 13.8 Å². The average Bonchev–Trinajstić information content (AvgIpc) is 2.63. The van der Waals surface area contributed by atoms with Crippen molar-refractivity contribution in [3.63, 3.8) is 0 Å². The van der Waals surface area contributed by atoms with E-state index in [1.54, 1.807) is 19.1 Å². The first-order valence-corrected chi connectivity index (χ1v) is 10.4. The monoisotopic (exact) mass is 372 g/mol. The van der Waals surface area contributed by atoms with Gasteiger partial charge in [0, 0.05) is 17.8 Å². The number of nitrogens with one attached hydrogen (secondary N) is 1. The summed E-state index contributed by atoms with van der Waals surface area (Å²) in [6, 6.07) is 11.1. The van der Waals surface area contributed by atoms with Crippen LogP contribution in [0.15, 0.2) is 36.4 Å². The Hall–Kier alpha value is -2.34. The fraction of sp³-hybridized carbons (Fsp3) is 0.350. The number of carbonyl (C=O) groups excluding carboxylic acids is 1. The maximum Gasteiger partial charge on any atom is 0.255 e. The number of rotatable bonds is 4. The summed E-state index contributed by atoms with van der Waals surface area (Å²) in [5, 5.41) is 2.92. The second kappa shape index (κ2) is 7.11. The summed E-state index contributed by atoms with van der Waals surface area (Å²) in [6.45, 7) is 6.16. The minimum atomic E-state index is -3.28. The van der Waals surface area contributed by atoms with E-state index in [1.165, 1.54) is 4.31 Å². The van der Waals surface area contributed by atoms with Crippen LogP contribution < -0.4 is 9.62 Å². The largest absolute Gasteiger partial charge is 0.322 e. The highest BCUT2D eigenvalue weighted by Crippen LogP contribution is 2.32. The van der Waals surface area contributed by atoms with Crippen LogP contribution in [0.5, 0.6) is 0 Å². The number of hydrogen-bond donors (Lipinski definition) is 1. The van der Waals surface area contributed by atoms with Gasteiger partial charge in [0.05, 0.1) is 11.4 Å². The van der Waals surface area contributed by atoms with Gasteiger partial charge in [0.25, 0.3) is 5.91 Å². The number of fused-ring (bicyclic) bond motifs is 1. The molecule has 1 N–H and O–H groups in total. The Balaban J connectivity index is 1.85. The Morgan fingerprint density at radius 1 is 1.12 bits per heavy atom. The first kappa shape index (κ1) is 18.5. The standard InChI is InChI=1S/C20H24N2O3S/c1-4-26(24,25)22-11-5-6-16-13-18(9-10-19(16)22)21-20(23)17-8-7-14(2)15(3)12-17/h7-10,12-13H,4-6,11H2,1-3H3,(H,21,23). The molecule has 0 unspecified atom stereocenters. The third-order valence-corrected chi connectivity index (χ3v) is 6.66. The van der Waals surface area contributed by atoms with E-state index < -0.39 is 10.0 Å². The highest BCUT2D eigenvalue weighted by atomic mass is 32.2. The molecule has 0 fully saturated rings. The van der Waals surface area contributed by atoms with Gasteiger partial charge in [-0.1, -0.05) is 6.07 Å². The van der Waals surface area contributed by atoms with Crippen molar-refractivity contribution in [2.75, 3.05) is 21.9 Å². The topological polar surface area (TPSA) is 66.5 Å². The molecule has 0 radical (unpaired) electrons. The molecule has 2 aromatic carbocycles. The van der Waals surface area contributed by atoms with Crippen LogP contribution in [0.3, 0.4) is 0 Å². The van der Waals surface area contributed by atoms with E-state index in [1.807, 2.05) is 38.1 Å². The number of aryl methyl sites for hydroxylation is 3. The molecule has 0 saturated heterocycles. The Morgan fingerprint density at radius 2 is 1.88 bits per heavy atom. The normalized spacial score (nSPS) is 14.0. The lowest BCUT2D eigenvalue weighted by molar-refractivity contribution is 0.102. The average molecular weight is 372 g/mol. The lowest BCUT2D eigenvalue weighted by Crippen LogP contribution is -2.36. The number of benzene rings is 2. The van der Waals surface area contributed by atoms with Crippen molar-refractivity contribution in [3.05, 3.63) is 58.7 Å². The van der Waals surface area contributed by atoms with Crippen LogP contribution in [0.2, 0.25) is 0 Å². The molecule has 0 atom stereocenters. The molecular weight excluding hydrogens is 348 g/mol.